The number of hydrogen-bond donors (Lipinski definition) is 6. The van der Waals surface area contributed by atoms with E-state index in [0.717, 1.165) is 43.8 Å². The molecule has 6 aromatic heterocycles. The number of aromatic amines is 6. The van der Waals surface area contributed by atoms with Crippen LogP contribution in [0, 0.1) is 18.3 Å². The molecule has 0 amide bonds. The zero-order chi connectivity index (χ0) is 73.5. The Bertz CT molecular complexity index is 4750. The summed E-state index contributed by atoms with van der Waals surface area (Å²) in [6.07, 6.45) is 7.05. The molecule has 0 saturated carbocycles. The summed E-state index contributed by atoms with van der Waals surface area (Å²) < 4.78 is 10.3. The van der Waals surface area contributed by atoms with Crippen LogP contribution >= 0.6 is 0 Å². The molecule has 526 valence electrons. The molecule has 0 saturated heterocycles. The monoisotopic (exact) mass is 1330 g/mol. The Morgan fingerprint density at radius 2 is 0.889 bits per heavy atom. The molecule has 0 aliphatic carbocycles. The number of rotatable bonds is 6. The third-order valence-corrected chi connectivity index (χ3v) is 18.3. The Kier molecular flexibility index (Phi) is 23.9. The second-order valence-electron chi connectivity index (χ2n) is 33.7. The summed E-state index contributed by atoms with van der Waals surface area (Å²) in [7, 11) is 0. The quantitative estimate of drug-likeness (QED) is 0.0909. The first-order valence-corrected chi connectivity index (χ1v) is 35.4. The van der Waals surface area contributed by atoms with Gasteiger partial charge in [0.2, 0.25) is 0 Å². The predicted molar refractivity (Wildman–Crippen MR) is 421 cm³/mol. The standard InChI is InChI=1S/2C16H23N.2C15H19NO2.C13H14N2.C13H17N/c1-15(2,3)12-8-7-11-9-14(16(4,5)6)17-13(11)10-12;1-6-11(2)14-10-17-15-9-12(16(3,4)5)7-8-13(14)15;1-5-18-14(17)12-8-10(15(2,3)4)9-13-11(12)6-7-16-13;1-5-18-14(17)12-11(15(2,3)4)7-6-10-8-9-16-13(10)12;1-13(2,3)10-5-4-9-6-11(8-14)15-12(9)7-10;1-9-7-10-5-6-11(13(2,3)4)8-12(10)14-9/h7-10,17H,1-6H3;7-11,17H,6H2,1-5H3;2*6-9,16H,5H2,1-4H3;4-7,15H,1-3H3;5-8,14H,1-4H3. The number of H-pyrrole nitrogens is 6. The van der Waals surface area contributed by atoms with E-state index in [2.05, 4.69) is 299 Å². The van der Waals surface area contributed by atoms with Gasteiger partial charge in [-0.1, -0.05) is 220 Å². The van der Waals surface area contributed by atoms with Crippen molar-refractivity contribution in [2.24, 2.45) is 0 Å². The minimum absolute atomic E-state index is 0.000540. The molecule has 0 spiro atoms. The molecule has 0 aliphatic rings. The predicted octanol–water partition coefficient (Wildman–Crippen LogP) is 24.1. The number of carbonyl (C=O) groups is 2. The normalized spacial score (nSPS) is 12.5. The number of esters is 2. The summed E-state index contributed by atoms with van der Waals surface area (Å²) in [6.45, 7) is 57.2. The Hall–Kier alpha value is -9.01. The molecule has 11 nitrogen and oxygen atoms in total. The van der Waals surface area contributed by atoms with Gasteiger partial charge in [-0.2, -0.15) is 5.26 Å². The summed E-state index contributed by atoms with van der Waals surface area (Å²) in [5, 5.41) is 15.8. The number of aromatic nitrogens is 6. The van der Waals surface area contributed by atoms with E-state index >= 15 is 0 Å². The number of aryl methyl sites for hydroxylation is 1. The smallest absolute Gasteiger partial charge is 0.340 e. The van der Waals surface area contributed by atoms with Crippen LogP contribution in [0.25, 0.3) is 65.4 Å². The van der Waals surface area contributed by atoms with Crippen molar-refractivity contribution in [2.45, 2.75) is 230 Å². The SMILES string of the molecule is CC(C)(C)c1ccc2cc(C#N)[nH]c2c1.CC(C)(C)c1ccc2cc(C(C)(C)C)[nH]c2c1.CCC(C)c1c[nH]c2cc(C(C)(C)C)ccc12.CCOC(=O)c1c(C(C)(C)C)ccc2cc[nH]c12.CCOC(=O)c1cc(C(C)(C)C)cc2[nH]ccc12.Cc1cc2ccc(C(C)(C)C)cc2[nH]1. The molecule has 0 fully saturated rings. The zero-order valence-electron chi connectivity index (χ0n) is 64.6. The van der Waals surface area contributed by atoms with E-state index in [0.29, 0.717) is 36.0 Å². The van der Waals surface area contributed by atoms with Gasteiger partial charge in [0, 0.05) is 84.5 Å². The number of ether oxygens (including phenoxy) is 2. The van der Waals surface area contributed by atoms with Crippen molar-refractivity contribution >= 4 is 77.4 Å². The molecular formula is C88H115N7O4. The highest BCUT2D eigenvalue weighted by Gasteiger charge is 2.27. The van der Waals surface area contributed by atoms with Gasteiger partial charge in [-0.3, -0.25) is 0 Å². The molecule has 1 unspecified atom stereocenters. The molecule has 12 aromatic rings. The van der Waals surface area contributed by atoms with Crippen LogP contribution in [-0.4, -0.2) is 55.1 Å². The second-order valence-corrected chi connectivity index (χ2v) is 33.7. The average molecular weight is 1330 g/mol. The van der Waals surface area contributed by atoms with Gasteiger partial charge in [0.1, 0.15) is 11.8 Å². The van der Waals surface area contributed by atoms with Gasteiger partial charge in [0.25, 0.3) is 0 Å². The van der Waals surface area contributed by atoms with Crippen molar-refractivity contribution in [1.82, 2.24) is 29.9 Å². The van der Waals surface area contributed by atoms with Gasteiger partial charge in [-0.25, -0.2) is 9.59 Å². The number of carbonyl (C=O) groups excluding carboxylic acids is 2. The minimum Gasteiger partial charge on any atom is -0.462 e. The van der Waals surface area contributed by atoms with Gasteiger partial charge in [0.05, 0.1) is 29.9 Å². The fourth-order valence-corrected chi connectivity index (χ4v) is 11.8. The topological polar surface area (TPSA) is 171 Å². The molecule has 0 bridgehead atoms. The van der Waals surface area contributed by atoms with Gasteiger partial charge >= 0.3 is 11.9 Å². The van der Waals surface area contributed by atoms with Gasteiger partial charge in [-0.05, 0) is 182 Å². The highest BCUT2D eigenvalue weighted by Crippen LogP contribution is 2.36. The largest absolute Gasteiger partial charge is 0.462 e. The Balaban J connectivity index is 0.000000167. The van der Waals surface area contributed by atoms with Crippen LogP contribution in [0.15, 0.2) is 146 Å². The maximum atomic E-state index is 12.2. The zero-order valence-corrected chi connectivity index (χ0v) is 64.6. The molecular weight excluding hydrogens is 1220 g/mol. The second kappa shape index (κ2) is 30.6. The maximum absolute atomic E-state index is 12.2. The molecule has 99 heavy (non-hydrogen) atoms. The molecule has 12 rings (SSSR count). The van der Waals surface area contributed by atoms with E-state index in [9.17, 15) is 9.59 Å². The van der Waals surface area contributed by atoms with E-state index in [1.54, 1.807) is 0 Å². The Morgan fingerprint density at radius 3 is 1.39 bits per heavy atom. The summed E-state index contributed by atoms with van der Waals surface area (Å²) >= 11 is 0. The average Bonchev–Trinajstić information content (AvgIpc) is 1.78. The lowest BCUT2D eigenvalue weighted by atomic mass is 9.83. The van der Waals surface area contributed by atoms with Crippen molar-refractivity contribution in [3.63, 3.8) is 0 Å². The number of nitrogens with one attached hydrogen (secondary N) is 6. The lowest BCUT2D eigenvalue weighted by molar-refractivity contribution is 0.0517. The molecule has 6 aromatic carbocycles. The third-order valence-electron chi connectivity index (χ3n) is 18.3. The van der Waals surface area contributed by atoms with Crippen LogP contribution in [0.3, 0.4) is 0 Å². The molecule has 6 N–H and O–H groups in total. The lowest BCUT2D eigenvalue weighted by Gasteiger charge is -2.22. The molecule has 1 atom stereocenters. The van der Waals surface area contributed by atoms with Crippen LogP contribution in [0.1, 0.15) is 262 Å². The first-order chi connectivity index (χ1) is 46.0. The van der Waals surface area contributed by atoms with Crippen LogP contribution in [0.4, 0.5) is 0 Å². The van der Waals surface area contributed by atoms with Crippen LogP contribution in [0.5, 0.6) is 0 Å². The summed E-state index contributed by atoms with van der Waals surface area (Å²) in [4.78, 5) is 43.9. The van der Waals surface area contributed by atoms with Crippen LogP contribution in [0.2, 0.25) is 0 Å². The minimum atomic E-state index is -0.256. The van der Waals surface area contributed by atoms with Gasteiger partial charge < -0.3 is 39.4 Å². The fraction of sp³-hybridized carbons (Fsp3) is 0.420. The highest BCUT2D eigenvalue weighted by atomic mass is 16.5. The molecule has 0 aliphatic heterocycles. The van der Waals surface area contributed by atoms with Gasteiger partial charge in [0.15, 0.2) is 0 Å². The van der Waals surface area contributed by atoms with E-state index in [-0.39, 0.29) is 49.8 Å². The van der Waals surface area contributed by atoms with Crippen molar-refractivity contribution in [2.75, 3.05) is 13.2 Å². The van der Waals surface area contributed by atoms with Crippen LogP contribution in [-0.2, 0) is 47.4 Å². The number of nitriles is 1. The molecule has 0 radical (unpaired) electrons. The highest BCUT2D eigenvalue weighted by molar-refractivity contribution is 6.05. The van der Waals surface area contributed by atoms with E-state index in [1.165, 1.54) is 78.3 Å². The third kappa shape index (κ3) is 19.7. The van der Waals surface area contributed by atoms with Crippen molar-refractivity contribution in [3.8, 4) is 6.07 Å². The summed E-state index contributed by atoms with van der Waals surface area (Å²) in [6, 6.07) is 47.0. The Morgan fingerprint density at radius 1 is 0.434 bits per heavy atom. The van der Waals surface area contributed by atoms with E-state index in [4.69, 9.17) is 14.7 Å². The van der Waals surface area contributed by atoms with Crippen molar-refractivity contribution in [1.29, 1.82) is 5.26 Å². The summed E-state index contributed by atoms with van der Waals surface area (Å²) in [5.74, 6) is 0.118. The van der Waals surface area contributed by atoms with Crippen LogP contribution < -0.4 is 0 Å². The number of benzene rings is 6. The first kappa shape index (κ1) is 77.3. The van der Waals surface area contributed by atoms with E-state index < -0.39 is 0 Å². The number of nitrogens with zero attached hydrogens (tertiary/aromatic N) is 1. The van der Waals surface area contributed by atoms with E-state index in [1.807, 2.05) is 62.6 Å². The number of hydrogen-bond acceptors (Lipinski definition) is 5. The number of fused-ring (bicyclic) bond motifs is 6. The first-order valence-electron chi connectivity index (χ1n) is 35.4. The lowest BCUT2D eigenvalue weighted by Crippen LogP contribution is -2.18. The summed E-state index contributed by atoms with van der Waals surface area (Å²) in [5.41, 5.74) is 21.0. The Labute approximate surface area is 591 Å². The van der Waals surface area contributed by atoms with Crippen molar-refractivity contribution < 1.29 is 19.1 Å². The molecule has 11 heteroatoms. The fourth-order valence-electron chi connectivity index (χ4n) is 11.8. The van der Waals surface area contributed by atoms with Crippen molar-refractivity contribution in [3.05, 3.63) is 213 Å². The molecule has 6 heterocycles. The maximum Gasteiger partial charge on any atom is 0.340 e. The van der Waals surface area contributed by atoms with Gasteiger partial charge in [-0.15, -0.1) is 0 Å².